The lowest BCUT2D eigenvalue weighted by Crippen LogP contribution is -2.45. The summed E-state index contributed by atoms with van der Waals surface area (Å²) in [5.74, 6) is 0.149. The van der Waals surface area contributed by atoms with Gasteiger partial charge in [0.25, 0.3) is 0 Å². The van der Waals surface area contributed by atoms with Gasteiger partial charge >= 0.3 is 0 Å². The molecule has 104 valence electrons. The molecule has 0 spiro atoms. The van der Waals surface area contributed by atoms with Crippen LogP contribution in [0.3, 0.4) is 0 Å². The Morgan fingerprint density at radius 1 is 1.28 bits per heavy atom. The minimum Gasteiger partial charge on any atom is -0.392 e. The second kappa shape index (κ2) is 6.73. The number of nitrogens with one attached hydrogen (secondary N) is 1. The number of aliphatic hydroxyl groups excluding tert-OH is 1. The van der Waals surface area contributed by atoms with E-state index in [2.05, 4.69) is 5.32 Å². The number of nitrogens with zero attached hydrogens (tertiary/aromatic N) is 1. The molecule has 1 heterocycles. The maximum atomic E-state index is 11.8. The van der Waals surface area contributed by atoms with Gasteiger partial charge in [0, 0.05) is 31.5 Å². The van der Waals surface area contributed by atoms with Crippen LogP contribution in [0.5, 0.6) is 0 Å². The summed E-state index contributed by atoms with van der Waals surface area (Å²) in [6.45, 7) is 7.04. The number of carbonyl (C=O) groups is 2. The zero-order valence-electron chi connectivity index (χ0n) is 11.5. The first-order valence-corrected chi connectivity index (χ1v) is 6.66. The van der Waals surface area contributed by atoms with E-state index in [1.807, 2.05) is 18.7 Å². The van der Waals surface area contributed by atoms with Gasteiger partial charge in [0.2, 0.25) is 11.8 Å². The van der Waals surface area contributed by atoms with E-state index in [0.717, 1.165) is 0 Å². The van der Waals surface area contributed by atoms with Crippen molar-refractivity contribution in [2.45, 2.75) is 39.7 Å². The van der Waals surface area contributed by atoms with Crippen molar-refractivity contribution in [1.29, 1.82) is 0 Å². The number of carbonyl (C=O) groups excluding carboxylic acids is 2. The van der Waals surface area contributed by atoms with Gasteiger partial charge in [0.05, 0.1) is 6.10 Å². The Kier molecular flexibility index (Phi) is 5.59. The lowest BCUT2D eigenvalue weighted by molar-refractivity contribution is -0.138. The molecule has 1 aliphatic rings. The molecule has 1 aliphatic heterocycles. The van der Waals surface area contributed by atoms with Gasteiger partial charge in [-0.25, -0.2) is 0 Å². The summed E-state index contributed by atoms with van der Waals surface area (Å²) in [6, 6.07) is 0. The van der Waals surface area contributed by atoms with Crippen LogP contribution in [0.4, 0.5) is 0 Å². The molecule has 2 N–H and O–H groups in total. The Labute approximate surface area is 109 Å². The van der Waals surface area contributed by atoms with E-state index < -0.39 is 6.10 Å². The highest BCUT2D eigenvalue weighted by Crippen LogP contribution is 2.18. The van der Waals surface area contributed by atoms with Crippen molar-refractivity contribution >= 4 is 11.8 Å². The summed E-state index contributed by atoms with van der Waals surface area (Å²) in [6.07, 6.45) is 0.908. The number of rotatable bonds is 4. The molecular formula is C13H24N2O3. The van der Waals surface area contributed by atoms with Gasteiger partial charge in [-0.3, -0.25) is 9.59 Å². The second-order valence-corrected chi connectivity index (χ2v) is 5.35. The number of piperidine rings is 1. The predicted molar refractivity (Wildman–Crippen MR) is 68.8 cm³/mol. The largest absolute Gasteiger partial charge is 0.392 e. The molecule has 0 radical (unpaired) electrons. The lowest BCUT2D eigenvalue weighted by atomic mass is 9.95. The molecule has 0 aromatic rings. The van der Waals surface area contributed by atoms with Gasteiger partial charge in [0.1, 0.15) is 0 Å². The molecule has 1 atom stereocenters. The fourth-order valence-electron chi connectivity index (χ4n) is 2.12. The highest BCUT2D eigenvalue weighted by molar-refractivity contribution is 5.80. The molecule has 2 amide bonds. The number of hydrogen-bond donors (Lipinski definition) is 2. The molecule has 0 bridgehead atoms. The molecule has 1 fully saturated rings. The van der Waals surface area contributed by atoms with E-state index in [4.69, 9.17) is 5.11 Å². The first kappa shape index (κ1) is 15.0. The van der Waals surface area contributed by atoms with Crippen molar-refractivity contribution in [3.05, 3.63) is 0 Å². The van der Waals surface area contributed by atoms with E-state index in [-0.39, 0.29) is 23.7 Å². The van der Waals surface area contributed by atoms with Crippen molar-refractivity contribution in [3.63, 3.8) is 0 Å². The zero-order valence-corrected chi connectivity index (χ0v) is 11.5. The Hall–Kier alpha value is -1.10. The topological polar surface area (TPSA) is 69.6 Å². The van der Waals surface area contributed by atoms with Gasteiger partial charge in [-0.05, 0) is 19.8 Å². The minimum absolute atomic E-state index is 0.00690. The smallest absolute Gasteiger partial charge is 0.225 e. The maximum absolute atomic E-state index is 11.8. The zero-order chi connectivity index (χ0) is 13.7. The molecule has 0 aromatic heterocycles. The summed E-state index contributed by atoms with van der Waals surface area (Å²) in [4.78, 5) is 25.4. The van der Waals surface area contributed by atoms with Crippen LogP contribution in [-0.4, -0.2) is 47.6 Å². The summed E-state index contributed by atoms with van der Waals surface area (Å²) in [5, 5.41) is 11.8. The maximum Gasteiger partial charge on any atom is 0.225 e. The van der Waals surface area contributed by atoms with Crippen LogP contribution in [-0.2, 0) is 9.59 Å². The fourth-order valence-corrected chi connectivity index (χ4v) is 2.12. The van der Waals surface area contributed by atoms with Crippen molar-refractivity contribution in [3.8, 4) is 0 Å². The van der Waals surface area contributed by atoms with Crippen LogP contribution >= 0.6 is 0 Å². The molecule has 0 aromatic carbocycles. The molecular weight excluding hydrogens is 232 g/mol. The standard InChI is InChI=1S/C13H24N2O3/c1-9(2)13(18)15-6-4-11(5-7-15)12(17)14-8-10(3)16/h9-11,16H,4-8H2,1-3H3,(H,14,17)/t10-/m0/s1. The first-order chi connectivity index (χ1) is 8.41. The van der Waals surface area contributed by atoms with Crippen LogP contribution in [0.2, 0.25) is 0 Å². The van der Waals surface area contributed by atoms with Crippen molar-refractivity contribution in [2.24, 2.45) is 11.8 Å². The molecule has 0 saturated carbocycles. The van der Waals surface area contributed by atoms with Crippen LogP contribution in [0.15, 0.2) is 0 Å². The van der Waals surface area contributed by atoms with E-state index in [9.17, 15) is 9.59 Å². The predicted octanol–water partition coefficient (Wildman–Crippen LogP) is 0.378. The van der Waals surface area contributed by atoms with Crippen LogP contribution in [0.1, 0.15) is 33.6 Å². The minimum atomic E-state index is -0.517. The molecule has 5 heteroatoms. The van der Waals surface area contributed by atoms with Gasteiger partial charge < -0.3 is 15.3 Å². The quantitative estimate of drug-likeness (QED) is 0.764. The molecule has 5 nitrogen and oxygen atoms in total. The van der Waals surface area contributed by atoms with Gasteiger partial charge in [-0.1, -0.05) is 13.8 Å². The summed E-state index contributed by atoms with van der Waals surface area (Å²) < 4.78 is 0. The summed E-state index contributed by atoms with van der Waals surface area (Å²) in [5.41, 5.74) is 0. The van der Waals surface area contributed by atoms with E-state index in [1.54, 1.807) is 6.92 Å². The number of hydrogen-bond acceptors (Lipinski definition) is 3. The Morgan fingerprint density at radius 3 is 2.28 bits per heavy atom. The molecule has 18 heavy (non-hydrogen) atoms. The Bertz CT molecular complexity index is 295. The lowest BCUT2D eigenvalue weighted by Gasteiger charge is -2.32. The van der Waals surface area contributed by atoms with Crippen LogP contribution in [0.25, 0.3) is 0 Å². The third-order valence-electron chi connectivity index (χ3n) is 3.24. The Morgan fingerprint density at radius 2 is 1.83 bits per heavy atom. The Balaban J connectivity index is 2.35. The average Bonchev–Trinajstić information content (AvgIpc) is 2.35. The summed E-state index contributed by atoms with van der Waals surface area (Å²) in [7, 11) is 0. The first-order valence-electron chi connectivity index (χ1n) is 6.66. The van der Waals surface area contributed by atoms with Gasteiger partial charge in [-0.15, -0.1) is 0 Å². The molecule has 0 unspecified atom stereocenters. The average molecular weight is 256 g/mol. The number of amides is 2. The normalized spacial score (nSPS) is 18.8. The van der Waals surface area contributed by atoms with Crippen LogP contribution < -0.4 is 5.32 Å². The third-order valence-corrected chi connectivity index (χ3v) is 3.24. The molecule has 1 rings (SSSR count). The van der Waals surface area contributed by atoms with Crippen LogP contribution in [0, 0.1) is 11.8 Å². The third kappa shape index (κ3) is 4.29. The second-order valence-electron chi connectivity index (χ2n) is 5.35. The number of likely N-dealkylation sites (tertiary alicyclic amines) is 1. The molecule has 1 saturated heterocycles. The van der Waals surface area contributed by atoms with Crippen molar-refractivity contribution in [1.82, 2.24) is 10.2 Å². The summed E-state index contributed by atoms with van der Waals surface area (Å²) >= 11 is 0. The number of aliphatic hydroxyl groups is 1. The van der Waals surface area contributed by atoms with E-state index in [1.165, 1.54) is 0 Å². The molecule has 0 aliphatic carbocycles. The monoisotopic (exact) mass is 256 g/mol. The van der Waals surface area contributed by atoms with Gasteiger partial charge in [-0.2, -0.15) is 0 Å². The van der Waals surface area contributed by atoms with E-state index in [0.29, 0.717) is 32.5 Å². The van der Waals surface area contributed by atoms with Crippen molar-refractivity contribution < 1.29 is 14.7 Å². The highest BCUT2D eigenvalue weighted by atomic mass is 16.3. The highest BCUT2D eigenvalue weighted by Gasteiger charge is 2.27. The van der Waals surface area contributed by atoms with Gasteiger partial charge in [0.15, 0.2) is 0 Å². The SMILES string of the molecule is CC(C)C(=O)N1CCC(C(=O)NC[C@H](C)O)CC1. The van der Waals surface area contributed by atoms with E-state index >= 15 is 0 Å². The fraction of sp³-hybridized carbons (Fsp3) is 0.846. The van der Waals surface area contributed by atoms with Crippen molar-refractivity contribution in [2.75, 3.05) is 19.6 Å².